The Morgan fingerprint density at radius 2 is 1.79 bits per heavy atom. The van der Waals surface area contributed by atoms with E-state index < -0.39 is 12.0 Å². The summed E-state index contributed by atoms with van der Waals surface area (Å²) in [5.41, 5.74) is 2.61. The van der Waals surface area contributed by atoms with Gasteiger partial charge in [0, 0.05) is 11.3 Å². The number of hydrogen-bond acceptors (Lipinski definition) is 4. The van der Waals surface area contributed by atoms with Gasteiger partial charge in [-0.3, -0.25) is 0 Å². The number of unbranched alkanes of at least 4 members (excludes halogenated alkanes) is 1. The number of hydrogen-bond donors (Lipinski definition) is 2. The summed E-state index contributed by atoms with van der Waals surface area (Å²) < 4.78 is 11.4. The van der Waals surface area contributed by atoms with Crippen molar-refractivity contribution < 1.29 is 19.1 Å². The summed E-state index contributed by atoms with van der Waals surface area (Å²) in [5, 5.41) is 5.50. The molecule has 152 valence electrons. The van der Waals surface area contributed by atoms with Gasteiger partial charge in [0.15, 0.2) is 0 Å². The van der Waals surface area contributed by atoms with Crippen LogP contribution in [0.25, 0.3) is 0 Å². The second-order valence-corrected chi connectivity index (χ2v) is 6.87. The molecule has 0 bridgehead atoms. The number of para-hydroxylation sites is 1. The molecule has 2 aromatic carbocycles. The largest absolute Gasteiger partial charge is 0.489 e. The van der Waals surface area contributed by atoms with Gasteiger partial charge in [-0.2, -0.15) is 0 Å². The SMILES string of the molecule is CCCCOC(=O)C1=C(C)NC(=O)NC1c1ccccc1OCc1ccccc1. The van der Waals surface area contributed by atoms with E-state index in [1.54, 1.807) is 6.92 Å². The van der Waals surface area contributed by atoms with Gasteiger partial charge in [0.05, 0.1) is 18.2 Å². The number of amides is 2. The Balaban J connectivity index is 1.87. The van der Waals surface area contributed by atoms with Crippen LogP contribution in [0.2, 0.25) is 0 Å². The van der Waals surface area contributed by atoms with Crippen LogP contribution in [0.1, 0.15) is 43.9 Å². The highest BCUT2D eigenvalue weighted by Gasteiger charge is 2.33. The van der Waals surface area contributed by atoms with Crippen LogP contribution in [0, 0.1) is 0 Å². The maximum atomic E-state index is 12.8. The lowest BCUT2D eigenvalue weighted by atomic mass is 9.95. The van der Waals surface area contributed by atoms with E-state index in [4.69, 9.17) is 9.47 Å². The molecule has 1 aliphatic rings. The van der Waals surface area contributed by atoms with Crippen LogP contribution in [0.5, 0.6) is 5.75 Å². The van der Waals surface area contributed by atoms with Gasteiger partial charge in [0.1, 0.15) is 12.4 Å². The molecule has 2 aromatic rings. The van der Waals surface area contributed by atoms with Crippen molar-refractivity contribution in [3.8, 4) is 5.75 Å². The average Bonchev–Trinajstić information content (AvgIpc) is 2.72. The van der Waals surface area contributed by atoms with Crippen LogP contribution in [-0.2, 0) is 16.1 Å². The van der Waals surface area contributed by atoms with Crippen molar-refractivity contribution in [1.29, 1.82) is 0 Å². The maximum Gasteiger partial charge on any atom is 0.338 e. The molecule has 1 atom stereocenters. The molecule has 2 amide bonds. The molecule has 0 fully saturated rings. The number of ether oxygens (including phenoxy) is 2. The predicted molar refractivity (Wildman–Crippen MR) is 110 cm³/mol. The smallest absolute Gasteiger partial charge is 0.338 e. The zero-order valence-corrected chi connectivity index (χ0v) is 16.7. The number of carbonyl (C=O) groups is 2. The Kier molecular flexibility index (Phi) is 6.89. The van der Waals surface area contributed by atoms with Gasteiger partial charge in [-0.25, -0.2) is 9.59 Å². The summed E-state index contributed by atoms with van der Waals surface area (Å²) in [6, 6.07) is 16.2. The quantitative estimate of drug-likeness (QED) is 0.519. The van der Waals surface area contributed by atoms with Crippen LogP contribution in [0.4, 0.5) is 4.79 Å². The monoisotopic (exact) mass is 394 g/mol. The molecule has 6 nitrogen and oxygen atoms in total. The number of urea groups is 1. The Morgan fingerprint density at radius 3 is 2.55 bits per heavy atom. The molecule has 2 N–H and O–H groups in total. The summed E-state index contributed by atoms with van der Waals surface area (Å²) in [5.74, 6) is 0.168. The zero-order chi connectivity index (χ0) is 20.6. The number of rotatable bonds is 8. The number of carbonyl (C=O) groups excluding carboxylic acids is 2. The van der Waals surface area contributed by atoms with Crippen molar-refractivity contribution in [2.45, 2.75) is 39.3 Å². The normalized spacial score (nSPS) is 16.1. The number of allylic oxidation sites excluding steroid dienone is 1. The van der Waals surface area contributed by atoms with Crippen LogP contribution in [0.3, 0.4) is 0 Å². The first-order valence-corrected chi connectivity index (χ1v) is 9.81. The molecule has 0 aromatic heterocycles. The Morgan fingerprint density at radius 1 is 1.07 bits per heavy atom. The molecule has 1 aliphatic heterocycles. The third-order valence-electron chi connectivity index (χ3n) is 4.69. The Labute approximate surface area is 170 Å². The lowest BCUT2D eigenvalue weighted by Gasteiger charge is -2.29. The minimum absolute atomic E-state index is 0.346. The van der Waals surface area contributed by atoms with Crippen LogP contribution in [0.15, 0.2) is 65.9 Å². The first kappa shape index (κ1) is 20.5. The first-order chi connectivity index (χ1) is 14.1. The van der Waals surface area contributed by atoms with Crippen molar-refractivity contribution in [2.75, 3.05) is 6.61 Å². The standard InChI is InChI=1S/C23H26N2O4/c1-3-4-14-28-22(26)20-16(2)24-23(27)25-21(20)18-12-8-9-13-19(18)29-15-17-10-6-5-7-11-17/h5-13,21H,3-4,14-15H2,1-2H3,(H2,24,25,27). The van der Waals surface area contributed by atoms with Crippen molar-refractivity contribution in [1.82, 2.24) is 10.6 Å². The van der Waals surface area contributed by atoms with Gasteiger partial charge >= 0.3 is 12.0 Å². The Bertz CT molecular complexity index is 893. The van der Waals surface area contributed by atoms with Crippen molar-refractivity contribution >= 4 is 12.0 Å². The average molecular weight is 394 g/mol. The van der Waals surface area contributed by atoms with E-state index in [9.17, 15) is 9.59 Å². The molecule has 1 heterocycles. The van der Waals surface area contributed by atoms with Crippen LogP contribution in [-0.4, -0.2) is 18.6 Å². The number of nitrogens with one attached hydrogen (secondary N) is 2. The molecule has 0 saturated heterocycles. The van der Waals surface area contributed by atoms with Gasteiger partial charge in [0.25, 0.3) is 0 Å². The topological polar surface area (TPSA) is 76.7 Å². The number of benzene rings is 2. The molecule has 0 radical (unpaired) electrons. The van der Waals surface area contributed by atoms with E-state index in [1.807, 2.05) is 61.5 Å². The zero-order valence-electron chi connectivity index (χ0n) is 16.7. The molecule has 0 saturated carbocycles. The van der Waals surface area contributed by atoms with Gasteiger partial charge in [-0.15, -0.1) is 0 Å². The van der Waals surface area contributed by atoms with Crippen LogP contribution >= 0.6 is 0 Å². The minimum atomic E-state index is -0.648. The highest BCUT2D eigenvalue weighted by Crippen LogP contribution is 2.34. The summed E-state index contributed by atoms with van der Waals surface area (Å²) in [6.07, 6.45) is 1.72. The van der Waals surface area contributed by atoms with E-state index in [2.05, 4.69) is 10.6 Å². The molecular formula is C23H26N2O4. The fourth-order valence-corrected chi connectivity index (χ4v) is 3.17. The fraction of sp³-hybridized carbons (Fsp3) is 0.304. The predicted octanol–water partition coefficient (Wildman–Crippen LogP) is 4.24. The Hall–Kier alpha value is -3.28. The molecule has 29 heavy (non-hydrogen) atoms. The van der Waals surface area contributed by atoms with E-state index >= 15 is 0 Å². The summed E-state index contributed by atoms with van der Waals surface area (Å²) in [6.45, 7) is 4.47. The lowest BCUT2D eigenvalue weighted by Crippen LogP contribution is -2.45. The first-order valence-electron chi connectivity index (χ1n) is 9.81. The van der Waals surface area contributed by atoms with Gasteiger partial charge < -0.3 is 20.1 Å². The maximum absolute atomic E-state index is 12.8. The molecule has 3 rings (SSSR count). The van der Waals surface area contributed by atoms with E-state index in [1.165, 1.54) is 0 Å². The van der Waals surface area contributed by atoms with E-state index in [-0.39, 0.29) is 6.03 Å². The highest BCUT2D eigenvalue weighted by molar-refractivity contribution is 5.95. The lowest BCUT2D eigenvalue weighted by molar-refractivity contribution is -0.139. The molecular weight excluding hydrogens is 368 g/mol. The van der Waals surface area contributed by atoms with Crippen molar-refractivity contribution in [2.24, 2.45) is 0 Å². The molecule has 1 unspecified atom stereocenters. The second kappa shape index (κ2) is 9.78. The molecule has 6 heteroatoms. The van der Waals surface area contributed by atoms with Gasteiger partial charge in [0.2, 0.25) is 0 Å². The third kappa shape index (κ3) is 5.16. The molecule has 0 spiro atoms. The highest BCUT2D eigenvalue weighted by atomic mass is 16.5. The van der Waals surface area contributed by atoms with Gasteiger partial charge in [-0.05, 0) is 25.0 Å². The summed E-state index contributed by atoms with van der Waals surface area (Å²) in [4.78, 5) is 24.9. The minimum Gasteiger partial charge on any atom is -0.489 e. The van der Waals surface area contributed by atoms with Crippen LogP contribution < -0.4 is 15.4 Å². The van der Waals surface area contributed by atoms with Crippen molar-refractivity contribution in [3.63, 3.8) is 0 Å². The summed E-state index contributed by atoms with van der Waals surface area (Å²) >= 11 is 0. The fourth-order valence-electron chi connectivity index (χ4n) is 3.17. The van der Waals surface area contributed by atoms with Gasteiger partial charge in [-0.1, -0.05) is 61.9 Å². The van der Waals surface area contributed by atoms with Crippen molar-refractivity contribution in [3.05, 3.63) is 77.0 Å². The van der Waals surface area contributed by atoms with E-state index in [0.717, 1.165) is 18.4 Å². The summed E-state index contributed by atoms with van der Waals surface area (Å²) in [7, 11) is 0. The number of esters is 1. The third-order valence-corrected chi connectivity index (χ3v) is 4.69. The molecule has 0 aliphatic carbocycles. The van der Waals surface area contributed by atoms with E-state index in [0.29, 0.717) is 35.8 Å². The second-order valence-electron chi connectivity index (χ2n) is 6.87.